The number of morpholine rings is 1. The van der Waals surface area contributed by atoms with Crippen LogP contribution in [-0.2, 0) is 20.5 Å². The highest BCUT2D eigenvalue weighted by atomic mass is 32.2. The van der Waals surface area contributed by atoms with Gasteiger partial charge in [0.15, 0.2) is 0 Å². The third-order valence-corrected chi connectivity index (χ3v) is 8.06. The van der Waals surface area contributed by atoms with Crippen molar-refractivity contribution in [3.63, 3.8) is 0 Å². The second-order valence-electron chi connectivity index (χ2n) is 5.93. The summed E-state index contributed by atoms with van der Waals surface area (Å²) < 4.78 is 31.8. The molecule has 9 heteroatoms. The van der Waals surface area contributed by atoms with Gasteiger partial charge >= 0.3 is 0 Å². The van der Waals surface area contributed by atoms with Gasteiger partial charge in [-0.05, 0) is 35.7 Å². The predicted molar refractivity (Wildman–Crippen MR) is 109 cm³/mol. The van der Waals surface area contributed by atoms with Crippen LogP contribution in [0.5, 0.6) is 0 Å². The van der Waals surface area contributed by atoms with E-state index in [-0.39, 0.29) is 10.8 Å². The summed E-state index contributed by atoms with van der Waals surface area (Å²) in [6.45, 7) is 2.10. The number of rotatable bonds is 8. The van der Waals surface area contributed by atoms with E-state index in [0.717, 1.165) is 11.5 Å². The Morgan fingerprint density at radius 2 is 1.93 bits per heavy atom. The van der Waals surface area contributed by atoms with Crippen molar-refractivity contribution in [1.29, 1.82) is 0 Å². The molecule has 1 fully saturated rings. The number of nitrogens with zero attached hydrogens (tertiary/aromatic N) is 1. The monoisotopic (exact) mass is 426 g/mol. The molecule has 1 aromatic heterocycles. The van der Waals surface area contributed by atoms with Crippen LogP contribution < -0.4 is 5.32 Å². The Kier molecular flexibility index (Phi) is 7.31. The van der Waals surface area contributed by atoms with E-state index in [1.54, 1.807) is 35.2 Å². The molecule has 0 saturated carbocycles. The molecule has 2 heterocycles. The van der Waals surface area contributed by atoms with Gasteiger partial charge in [-0.1, -0.05) is 6.07 Å². The van der Waals surface area contributed by atoms with Crippen LogP contribution in [-0.4, -0.2) is 57.2 Å². The summed E-state index contributed by atoms with van der Waals surface area (Å²) in [5.74, 6) is 1.58. The number of thiophene rings is 1. The highest BCUT2D eigenvalue weighted by molar-refractivity contribution is 7.98. The minimum Gasteiger partial charge on any atom is -0.379 e. The topological polar surface area (TPSA) is 75.7 Å². The van der Waals surface area contributed by atoms with Crippen LogP contribution in [0.3, 0.4) is 0 Å². The zero-order valence-corrected chi connectivity index (χ0v) is 17.2. The lowest BCUT2D eigenvalue weighted by Gasteiger charge is -2.26. The Hall–Kier alpha value is -1.39. The minimum atomic E-state index is -3.53. The van der Waals surface area contributed by atoms with Gasteiger partial charge in [0.1, 0.15) is 0 Å². The van der Waals surface area contributed by atoms with E-state index in [0.29, 0.717) is 38.4 Å². The van der Waals surface area contributed by atoms with Gasteiger partial charge in [-0.25, -0.2) is 8.42 Å². The molecule has 1 aliphatic heterocycles. The fourth-order valence-electron chi connectivity index (χ4n) is 2.62. The summed E-state index contributed by atoms with van der Waals surface area (Å²) >= 11 is 3.50. The number of ether oxygens (including phenoxy) is 1. The molecule has 0 atom stereocenters. The largest absolute Gasteiger partial charge is 0.379 e. The molecule has 0 radical (unpaired) electrons. The average Bonchev–Trinajstić information content (AvgIpc) is 3.22. The molecule has 0 unspecified atom stereocenters. The number of hydrogen-bond acceptors (Lipinski definition) is 6. The quantitative estimate of drug-likeness (QED) is 0.656. The molecule has 0 aliphatic carbocycles. The molecular weight excluding hydrogens is 404 g/mol. The first-order chi connectivity index (χ1) is 13.1. The highest BCUT2D eigenvalue weighted by Crippen LogP contribution is 2.18. The second-order valence-corrected chi connectivity index (χ2v) is 10.0. The second kappa shape index (κ2) is 9.70. The number of hydrogen-bond donors (Lipinski definition) is 1. The number of nitrogens with one attached hydrogen (secondary N) is 1. The van der Waals surface area contributed by atoms with Crippen molar-refractivity contribution >= 4 is 39.0 Å². The molecule has 1 saturated heterocycles. The maximum Gasteiger partial charge on any atom is 0.251 e. The van der Waals surface area contributed by atoms with E-state index in [1.165, 1.54) is 21.3 Å². The summed E-state index contributed by atoms with van der Waals surface area (Å²) in [6, 6.07) is 10.2. The Morgan fingerprint density at radius 1 is 1.19 bits per heavy atom. The number of amides is 1. The van der Waals surface area contributed by atoms with Crippen molar-refractivity contribution in [3.05, 3.63) is 52.2 Å². The van der Waals surface area contributed by atoms with Crippen LogP contribution in [0.1, 0.15) is 15.2 Å². The standard InChI is InChI=1S/C18H22N2O4S3/c21-18(19-7-13-25-14-16-2-1-12-26-16)15-3-5-17(6-4-15)27(22,23)20-8-10-24-11-9-20/h1-6,12H,7-11,13-14H2,(H,19,21). The van der Waals surface area contributed by atoms with Crippen LogP contribution in [0.4, 0.5) is 0 Å². The third kappa shape index (κ3) is 5.55. The lowest BCUT2D eigenvalue weighted by atomic mass is 10.2. The number of carbonyl (C=O) groups excluding carboxylic acids is 1. The van der Waals surface area contributed by atoms with Gasteiger partial charge in [-0.15, -0.1) is 11.3 Å². The molecule has 146 valence electrons. The first-order valence-electron chi connectivity index (χ1n) is 8.63. The smallest absolute Gasteiger partial charge is 0.251 e. The van der Waals surface area contributed by atoms with Crippen LogP contribution in [0.2, 0.25) is 0 Å². The summed E-state index contributed by atoms with van der Waals surface area (Å²) in [4.78, 5) is 13.7. The van der Waals surface area contributed by atoms with Crippen LogP contribution >= 0.6 is 23.1 Å². The molecule has 1 aliphatic rings. The van der Waals surface area contributed by atoms with E-state index in [1.807, 2.05) is 6.07 Å². The van der Waals surface area contributed by atoms with E-state index in [4.69, 9.17) is 4.74 Å². The van der Waals surface area contributed by atoms with Gasteiger partial charge in [0.2, 0.25) is 10.0 Å². The highest BCUT2D eigenvalue weighted by Gasteiger charge is 2.26. The van der Waals surface area contributed by atoms with Gasteiger partial charge in [0.05, 0.1) is 18.1 Å². The Balaban J connectivity index is 1.48. The van der Waals surface area contributed by atoms with Crippen molar-refractivity contribution in [2.75, 3.05) is 38.6 Å². The maximum atomic E-state index is 12.6. The molecule has 0 spiro atoms. The zero-order valence-electron chi connectivity index (χ0n) is 14.8. The lowest BCUT2D eigenvalue weighted by molar-refractivity contribution is 0.0730. The Bertz CT molecular complexity index is 830. The molecule has 1 amide bonds. The van der Waals surface area contributed by atoms with Gasteiger partial charge in [-0.3, -0.25) is 4.79 Å². The van der Waals surface area contributed by atoms with E-state index >= 15 is 0 Å². The molecule has 27 heavy (non-hydrogen) atoms. The summed E-state index contributed by atoms with van der Waals surface area (Å²) in [7, 11) is -3.53. The van der Waals surface area contributed by atoms with Crippen LogP contribution in [0.25, 0.3) is 0 Å². The maximum absolute atomic E-state index is 12.6. The molecule has 3 rings (SSSR count). The number of carbonyl (C=O) groups is 1. The summed E-state index contributed by atoms with van der Waals surface area (Å²) in [6.07, 6.45) is 0. The lowest BCUT2D eigenvalue weighted by Crippen LogP contribution is -2.40. The average molecular weight is 427 g/mol. The number of sulfonamides is 1. The van der Waals surface area contributed by atoms with Crippen molar-refractivity contribution in [1.82, 2.24) is 9.62 Å². The minimum absolute atomic E-state index is 0.193. The molecule has 2 aromatic rings. The van der Waals surface area contributed by atoms with Crippen molar-refractivity contribution in [3.8, 4) is 0 Å². The van der Waals surface area contributed by atoms with Crippen LogP contribution in [0, 0.1) is 0 Å². The van der Waals surface area contributed by atoms with Gasteiger partial charge in [0.25, 0.3) is 5.91 Å². The molecule has 1 aromatic carbocycles. The van der Waals surface area contributed by atoms with Gasteiger partial charge in [0, 0.05) is 41.6 Å². The fraction of sp³-hybridized carbons (Fsp3) is 0.389. The van der Waals surface area contributed by atoms with Crippen molar-refractivity contribution in [2.45, 2.75) is 10.6 Å². The predicted octanol–water partition coefficient (Wildman–Crippen LogP) is 2.43. The van der Waals surface area contributed by atoms with Crippen molar-refractivity contribution in [2.24, 2.45) is 0 Å². The number of thioether (sulfide) groups is 1. The first-order valence-corrected chi connectivity index (χ1v) is 12.1. The first kappa shape index (κ1) is 20.3. The SMILES string of the molecule is O=C(NCCSCc1cccs1)c1ccc(S(=O)(=O)N2CCOCC2)cc1. The molecule has 6 nitrogen and oxygen atoms in total. The molecule has 0 bridgehead atoms. The zero-order chi connectivity index (χ0) is 19.1. The number of benzene rings is 1. The Morgan fingerprint density at radius 3 is 2.59 bits per heavy atom. The van der Waals surface area contributed by atoms with Gasteiger partial charge < -0.3 is 10.1 Å². The normalized spacial score (nSPS) is 15.6. The Labute approximate surface area is 168 Å². The van der Waals surface area contributed by atoms with E-state index in [9.17, 15) is 13.2 Å². The summed E-state index contributed by atoms with van der Waals surface area (Å²) in [5, 5.41) is 4.92. The van der Waals surface area contributed by atoms with E-state index < -0.39 is 10.0 Å². The van der Waals surface area contributed by atoms with Gasteiger partial charge in [-0.2, -0.15) is 16.1 Å². The molecule has 1 N–H and O–H groups in total. The third-order valence-electron chi connectivity index (χ3n) is 4.08. The molecular formula is C18H22N2O4S3. The van der Waals surface area contributed by atoms with Crippen LogP contribution in [0.15, 0.2) is 46.7 Å². The van der Waals surface area contributed by atoms with Crippen molar-refractivity contribution < 1.29 is 17.9 Å². The summed E-state index contributed by atoms with van der Waals surface area (Å²) in [5.41, 5.74) is 0.458. The fourth-order valence-corrected chi connectivity index (χ4v) is 5.73. The van der Waals surface area contributed by atoms with E-state index in [2.05, 4.69) is 16.8 Å².